The summed E-state index contributed by atoms with van der Waals surface area (Å²) in [5.74, 6) is -1.19. The van der Waals surface area contributed by atoms with Crippen LogP contribution in [0.3, 0.4) is 0 Å². The molecule has 0 aliphatic carbocycles. The lowest BCUT2D eigenvalue weighted by Gasteiger charge is -2.20. The number of hydrogen-bond acceptors (Lipinski definition) is 3. The molecular formula is C21H24ClNO3. The Kier molecular flexibility index (Phi) is 6.81. The van der Waals surface area contributed by atoms with Crippen LogP contribution in [-0.2, 0) is 14.3 Å². The van der Waals surface area contributed by atoms with Crippen LogP contribution in [0.1, 0.15) is 36.5 Å². The summed E-state index contributed by atoms with van der Waals surface area (Å²) in [7, 11) is 0. The van der Waals surface area contributed by atoms with Crippen LogP contribution in [0.4, 0.5) is 5.69 Å². The zero-order valence-electron chi connectivity index (χ0n) is 15.5. The molecule has 0 aliphatic heterocycles. The lowest BCUT2D eigenvalue weighted by molar-refractivity contribution is -0.149. The third-order valence-electron chi connectivity index (χ3n) is 4.15. The second-order valence-corrected chi connectivity index (χ2v) is 7.18. The molecule has 26 heavy (non-hydrogen) atoms. The van der Waals surface area contributed by atoms with E-state index in [0.717, 1.165) is 22.4 Å². The van der Waals surface area contributed by atoms with Gasteiger partial charge in [0.15, 0.2) is 6.61 Å². The van der Waals surface area contributed by atoms with Crippen molar-refractivity contribution < 1.29 is 14.3 Å². The van der Waals surface area contributed by atoms with E-state index in [1.54, 1.807) is 12.1 Å². The standard InChI is InChI=1S/C21H24ClNO3/c1-13(2)20(16-6-8-17(22)9-7-16)21(25)26-12-19(24)23-18-10-5-14(3)11-15(18)4/h5-11,13,20H,12H2,1-4H3,(H,23,24)/t20-/m0/s1. The molecule has 0 saturated carbocycles. The van der Waals surface area contributed by atoms with Gasteiger partial charge in [0.1, 0.15) is 0 Å². The van der Waals surface area contributed by atoms with Crippen LogP contribution < -0.4 is 5.32 Å². The quantitative estimate of drug-likeness (QED) is 0.734. The normalized spacial score (nSPS) is 11.9. The minimum Gasteiger partial charge on any atom is -0.455 e. The van der Waals surface area contributed by atoms with Gasteiger partial charge >= 0.3 is 5.97 Å². The molecule has 0 radical (unpaired) electrons. The predicted octanol–water partition coefficient (Wildman–Crippen LogP) is 4.88. The third kappa shape index (κ3) is 5.33. The fourth-order valence-electron chi connectivity index (χ4n) is 2.83. The van der Waals surface area contributed by atoms with Crippen LogP contribution in [0.5, 0.6) is 0 Å². The van der Waals surface area contributed by atoms with Crippen molar-refractivity contribution >= 4 is 29.2 Å². The third-order valence-corrected chi connectivity index (χ3v) is 4.40. The summed E-state index contributed by atoms with van der Waals surface area (Å²) in [5.41, 5.74) is 3.62. The van der Waals surface area contributed by atoms with E-state index in [9.17, 15) is 9.59 Å². The van der Waals surface area contributed by atoms with Crippen molar-refractivity contribution in [1.29, 1.82) is 0 Å². The Morgan fingerprint density at radius 1 is 1.08 bits per heavy atom. The first-order valence-corrected chi connectivity index (χ1v) is 8.95. The van der Waals surface area contributed by atoms with Crippen LogP contribution in [0.15, 0.2) is 42.5 Å². The average molecular weight is 374 g/mol. The average Bonchev–Trinajstić information content (AvgIpc) is 2.57. The number of rotatable bonds is 6. The smallest absolute Gasteiger partial charge is 0.314 e. The minimum absolute atomic E-state index is 0.0334. The highest BCUT2D eigenvalue weighted by Crippen LogP contribution is 2.27. The topological polar surface area (TPSA) is 55.4 Å². The number of anilines is 1. The van der Waals surface area contributed by atoms with Gasteiger partial charge in [-0.25, -0.2) is 0 Å². The van der Waals surface area contributed by atoms with Gasteiger partial charge in [-0.05, 0) is 49.1 Å². The molecule has 2 aromatic rings. The van der Waals surface area contributed by atoms with E-state index < -0.39 is 11.9 Å². The molecule has 2 rings (SSSR count). The number of carbonyl (C=O) groups excluding carboxylic acids is 2. The summed E-state index contributed by atoms with van der Waals surface area (Å²) >= 11 is 5.91. The SMILES string of the molecule is Cc1ccc(NC(=O)COC(=O)[C@H](c2ccc(Cl)cc2)C(C)C)c(C)c1. The van der Waals surface area contributed by atoms with Gasteiger partial charge < -0.3 is 10.1 Å². The highest BCUT2D eigenvalue weighted by molar-refractivity contribution is 6.30. The van der Waals surface area contributed by atoms with Crippen LogP contribution >= 0.6 is 11.6 Å². The number of ether oxygens (including phenoxy) is 1. The van der Waals surface area contributed by atoms with E-state index in [4.69, 9.17) is 16.3 Å². The van der Waals surface area contributed by atoms with Crippen molar-refractivity contribution in [2.24, 2.45) is 5.92 Å². The Morgan fingerprint density at radius 2 is 1.73 bits per heavy atom. The van der Waals surface area contributed by atoms with Gasteiger partial charge in [-0.2, -0.15) is 0 Å². The molecule has 0 saturated heterocycles. The van der Waals surface area contributed by atoms with Crippen molar-refractivity contribution in [2.45, 2.75) is 33.6 Å². The van der Waals surface area contributed by atoms with Crippen LogP contribution in [0.2, 0.25) is 5.02 Å². The van der Waals surface area contributed by atoms with Crippen molar-refractivity contribution in [1.82, 2.24) is 0 Å². The maximum absolute atomic E-state index is 12.5. The molecule has 0 unspecified atom stereocenters. The maximum Gasteiger partial charge on any atom is 0.314 e. The van der Waals surface area contributed by atoms with Gasteiger partial charge in [0.25, 0.3) is 5.91 Å². The zero-order valence-corrected chi connectivity index (χ0v) is 16.3. The van der Waals surface area contributed by atoms with Gasteiger partial charge in [-0.15, -0.1) is 0 Å². The fraction of sp³-hybridized carbons (Fsp3) is 0.333. The van der Waals surface area contributed by atoms with Gasteiger partial charge in [0.2, 0.25) is 0 Å². The molecule has 0 spiro atoms. The summed E-state index contributed by atoms with van der Waals surface area (Å²) in [6, 6.07) is 12.8. The van der Waals surface area contributed by atoms with Gasteiger partial charge in [-0.1, -0.05) is 55.3 Å². The molecule has 1 amide bonds. The summed E-state index contributed by atoms with van der Waals surface area (Å²) in [5, 5.41) is 3.38. The molecule has 138 valence electrons. The first-order chi connectivity index (χ1) is 12.3. The lowest BCUT2D eigenvalue weighted by atomic mass is 9.88. The maximum atomic E-state index is 12.5. The van der Waals surface area contributed by atoms with E-state index in [-0.39, 0.29) is 18.4 Å². The van der Waals surface area contributed by atoms with Crippen molar-refractivity contribution in [3.05, 3.63) is 64.2 Å². The summed E-state index contributed by atoms with van der Waals surface area (Å²) in [4.78, 5) is 24.6. The highest BCUT2D eigenvalue weighted by Gasteiger charge is 2.26. The van der Waals surface area contributed by atoms with Crippen molar-refractivity contribution in [3.8, 4) is 0 Å². The Hall–Kier alpha value is -2.33. The molecule has 4 nitrogen and oxygen atoms in total. The first-order valence-electron chi connectivity index (χ1n) is 8.57. The second-order valence-electron chi connectivity index (χ2n) is 6.75. The molecular weight excluding hydrogens is 350 g/mol. The van der Waals surface area contributed by atoms with Crippen LogP contribution in [0, 0.1) is 19.8 Å². The molecule has 0 aliphatic rings. The monoisotopic (exact) mass is 373 g/mol. The Morgan fingerprint density at radius 3 is 2.31 bits per heavy atom. The summed E-state index contributed by atoms with van der Waals surface area (Å²) in [6.45, 7) is 7.47. The van der Waals surface area contributed by atoms with Crippen LogP contribution in [0.25, 0.3) is 0 Å². The highest BCUT2D eigenvalue weighted by atomic mass is 35.5. The predicted molar refractivity (Wildman–Crippen MR) is 105 cm³/mol. The molecule has 5 heteroatoms. The van der Waals surface area contributed by atoms with E-state index in [0.29, 0.717) is 5.02 Å². The van der Waals surface area contributed by atoms with E-state index in [1.165, 1.54) is 0 Å². The second kappa shape index (κ2) is 8.86. The molecule has 0 heterocycles. The summed E-state index contributed by atoms with van der Waals surface area (Å²) < 4.78 is 5.26. The Labute approximate surface area is 159 Å². The van der Waals surface area contributed by atoms with Crippen molar-refractivity contribution in [2.75, 3.05) is 11.9 Å². The minimum atomic E-state index is -0.443. The Bertz CT molecular complexity index is 784. The van der Waals surface area contributed by atoms with Gasteiger partial charge in [-0.3, -0.25) is 9.59 Å². The number of esters is 1. The number of halogens is 1. The fourth-order valence-corrected chi connectivity index (χ4v) is 2.96. The zero-order chi connectivity index (χ0) is 19.3. The number of benzene rings is 2. The van der Waals surface area contributed by atoms with E-state index in [2.05, 4.69) is 5.32 Å². The number of amides is 1. The number of aryl methyl sites for hydroxylation is 2. The molecule has 0 fully saturated rings. The van der Waals surface area contributed by atoms with E-state index >= 15 is 0 Å². The van der Waals surface area contributed by atoms with E-state index in [1.807, 2.05) is 58.0 Å². The largest absolute Gasteiger partial charge is 0.455 e. The number of nitrogens with one attached hydrogen (secondary N) is 1. The Balaban J connectivity index is 1.98. The molecule has 1 N–H and O–H groups in total. The molecule has 0 aromatic heterocycles. The summed E-state index contributed by atoms with van der Waals surface area (Å²) in [6.07, 6.45) is 0. The first kappa shape index (κ1) is 20.0. The number of hydrogen-bond donors (Lipinski definition) is 1. The van der Waals surface area contributed by atoms with Crippen LogP contribution in [-0.4, -0.2) is 18.5 Å². The lowest BCUT2D eigenvalue weighted by Crippen LogP contribution is -2.26. The van der Waals surface area contributed by atoms with Crippen molar-refractivity contribution in [3.63, 3.8) is 0 Å². The molecule has 0 bridgehead atoms. The molecule has 2 aromatic carbocycles. The van der Waals surface area contributed by atoms with Gasteiger partial charge in [0, 0.05) is 10.7 Å². The number of carbonyl (C=O) groups is 2. The van der Waals surface area contributed by atoms with Gasteiger partial charge in [0.05, 0.1) is 5.92 Å². The molecule has 1 atom stereocenters.